The van der Waals surface area contributed by atoms with Crippen LogP contribution in [0.4, 0.5) is 0 Å². The van der Waals surface area contributed by atoms with Gasteiger partial charge in [-0.1, -0.05) is 17.3 Å². The molecule has 1 saturated carbocycles. The Morgan fingerprint density at radius 2 is 2.29 bits per heavy atom. The standard InChI is InChI=1S/C16H20N2O2S/c1-19-10-15-8-14(18-20-15)11-21-16-4-2-3-12(7-16)9-17-13-5-6-13/h2-4,7-8,13,17H,5-6,9-11H2,1H3. The van der Waals surface area contributed by atoms with Gasteiger partial charge in [-0.15, -0.1) is 11.8 Å². The Morgan fingerprint density at radius 3 is 3.10 bits per heavy atom. The molecule has 0 saturated heterocycles. The number of methoxy groups -OCH3 is 1. The van der Waals surface area contributed by atoms with E-state index >= 15 is 0 Å². The number of aromatic nitrogens is 1. The summed E-state index contributed by atoms with van der Waals surface area (Å²) in [7, 11) is 1.65. The third-order valence-corrected chi connectivity index (χ3v) is 4.38. The van der Waals surface area contributed by atoms with E-state index in [1.54, 1.807) is 18.9 Å². The average molecular weight is 304 g/mol. The van der Waals surface area contributed by atoms with Gasteiger partial charge in [0.25, 0.3) is 0 Å². The predicted molar refractivity (Wildman–Crippen MR) is 83.1 cm³/mol. The maximum Gasteiger partial charge on any atom is 0.162 e. The summed E-state index contributed by atoms with van der Waals surface area (Å²) in [5, 5.41) is 7.59. The van der Waals surface area contributed by atoms with E-state index in [1.165, 1.54) is 23.3 Å². The van der Waals surface area contributed by atoms with Crippen molar-refractivity contribution in [2.75, 3.05) is 7.11 Å². The first kappa shape index (κ1) is 14.6. The molecule has 0 bridgehead atoms. The summed E-state index contributed by atoms with van der Waals surface area (Å²) >= 11 is 1.78. The minimum absolute atomic E-state index is 0.472. The molecule has 1 aliphatic carbocycles. The summed E-state index contributed by atoms with van der Waals surface area (Å²) in [6, 6.07) is 11.4. The molecule has 0 aliphatic heterocycles. The van der Waals surface area contributed by atoms with Crippen molar-refractivity contribution in [3.8, 4) is 0 Å². The van der Waals surface area contributed by atoms with Crippen LogP contribution in [0.2, 0.25) is 0 Å². The number of ether oxygens (including phenoxy) is 1. The fraction of sp³-hybridized carbons (Fsp3) is 0.438. The largest absolute Gasteiger partial charge is 0.377 e. The number of benzene rings is 1. The molecule has 0 unspecified atom stereocenters. The van der Waals surface area contributed by atoms with Crippen molar-refractivity contribution in [2.24, 2.45) is 0 Å². The van der Waals surface area contributed by atoms with Gasteiger partial charge < -0.3 is 14.6 Å². The molecule has 0 atom stereocenters. The van der Waals surface area contributed by atoms with Crippen LogP contribution in [0.5, 0.6) is 0 Å². The van der Waals surface area contributed by atoms with Gasteiger partial charge in [-0.25, -0.2) is 0 Å². The Labute approximate surface area is 129 Å². The van der Waals surface area contributed by atoms with Crippen molar-refractivity contribution < 1.29 is 9.26 Å². The Balaban J connectivity index is 1.52. The number of hydrogen-bond donors (Lipinski definition) is 1. The lowest BCUT2D eigenvalue weighted by atomic mass is 10.2. The number of nitrogens with zero attached hydrogens (tertiary/aromatic N) is 1. The van der Waals surface area contributed by atoms with Crippen LogP contribution in [0.15, 0.2) is 39.8 Å². The fourth-order valence-electron chi connectivity index (χ4n) is 2.09. The normalized spacial score (nSPS) is 14.5. The van der Waals surface area contributed by atoms with E-state index in [4.69, 9.17) is 9.26 Å². The third-order valence-electron chi connectivity index (χ3n) is 3.35. The number of nitrogens with one attached hydrogen (secondary N) is 1. The summed E-state index contributed by atoms with van der Waals surface area (Å²) in [6.07, 6.45) is 2.65. The van der Waals surface area contributed by atoms with Gasteiger partial charge in [-0.05, 0) is 30.5 Å². The fourth-order valence-corrected chi connectivity index (χ4v) is 2.95. The summed E-state index contributed by atoms with van der Waals surface area (Å²) in [6.45, 7) is 1.43. The lowest BCUT2D eigenvalue weighted by Crippen LogP contribution is -2.15. The second-order valence-electron chi connectivity index (χ2n) is 5.31. The summed E-state index contributed by atoms with van der Waals surface area (Å²) < 4.78 is 10.2. The zero-order valence-electron chi connectivity index (χ0n) is 12.2. The van der Waals surface area contributed by atoms with Crippen molar-refractivity contribution in [1.82, 2.24) is 10.5 Å². The van der Waals surface area contributed by atoms with E-state index < -0.39 is 0 Å². The molecule has 21 heavy (non-hydrogen) atoms. The first-order valence-corrected chi connectivity index (χ1v) is 8.20. The maximum absolute atomic E-state index is 5.19. The molecule has 1 heterocycles. The van der Waals surface area contributed by atoms with E-state index in [0.29, 0.717) is 6.61 Å². The van der Waals surface area contributed by atoms with Crippen molar-refractivity contribution in [3.05, 3.63) is 47.3 Å². The first-order valence-electron chi connectivity index (χ1n) is 7.22. The van der Waals surface area contributed by atoms with Crippen LogP contribution in [-0.4, -0.2) is 18.3 Å². The average Bonchev–Trinajstić information content (AvgIpc) is 3.23. The SMILES string of the molecule is COCc1cc(CSc2cccc(CNC3CC3)c2)no1. The minimum Gasteiger partial charge on any atom is -0.377 e. The molecule has 1 aliphatic rings. The monoisotopic (exact) mass is 304 g/mol. The molecule has 3 rings (SSSR count). The van der Waals surface area contributed by atoms with E-state index in [-0.39, 0.29) is 0 Å². The number of thioether (sulfide) groups is 1. The Hall–Kier alpha value is -1.30. The highest BCUT2D eigenvalue weighted by atomic mass is 32.2. The van der Waals surface area contributed by atoms with Crippen LogP contribution in [-0.2, 0) is 23.6 Å². The molecule has 1 N–H and O–H groups in total. The molecule has 1 fully saturated rings. The van der Waals surface area contributed by atoms with Crippen LogP contribution in [0, 0.1) is 0 Å². The van der Waals surface area contributed by atoms with Crippen molar-refractivity contribution >= 4 is 11.8 Å². The molecule has 5 heteroatoms. The van der Waals surface area contributed by atoms with Gasteiger partial charge in [0.05, 0.1) is 5.69 Å². The molecule has 0 radical (unpaired) electrons. The van der Waals surface area contributed by atoms with Gasteiger partial charge in [0, 0.05) is 36.4 Å². The molecule has 1 aromatic heterocycles. The molecule has 0 spiro atoms. The lowest BCUT2D eigenvalue weighted by Gasteiger charge is -2.05. The first-order chi connectivity index (χ1) is 10.3. The molecular formula is C16H20N2O2S. The smallest absolute Gasteiger partial charge is 0.162 e. The number of rotatable bonds is 8. The zero-order chi connectivity index (χ0) is 14.5. The van der Waals surface area contributed by atoms with Crippen LogP contribution < -0.4 is 5.32 Å². The molecule has 4 nitrogen and oxygen atoms in total. The van der Waals surface area contributed by atoms with Gasteiger partial charge in [-0.2, -0.15) is 0 Å². The van der Waals surface area contributed by atoms with Crippen LogP contribution in [0.25, 0.3) is 0 Å². The van der Waals surface area contributed by atoms with Gasteiger partial charge in [0.15, 0.2) is 5.76 Å². The molecule has 0 amide bonds. The topological polar surface area (TPSA) is 47.3 Å². The Kier molecular flexibility index (Phi) is 4.95. The van der Waals surface area contributed by atoms with Gasteiger partial charge in [0.1, 0.15) is 6.61 Å². The van der Waals surface area contributed by atoms with E-state index in [0.717, 1.165) is 29.8 Å². The highest BCUT2D eigenvalue weighted by Crippen LogP contribution is 2.24. The van der Waals surface area contributed by atoms with Gasteiger partial charge in [0.2, 0.25) is 0 Å². The lowest BCUT2D eigenvalue weighted by molar-refractivity contribution is 0.156. The van der Waals surface area contributed by atoms with E-state index in [1.807, 2.05) is 6.07 Å². The summed E-state index contributed by atoms with van der Waals surface area (Å²) in [5.41, 5.74) is 2.29. The minimum atomic E-state index is 0.472. The van der Waals surface area contributed by atoms with Gasteiger partial charge in [-0.3, -0.25) is 0 Å². The highest BCUT2D eigenvalue weighted by molar-refractivity contribution is 7.98. The highest BCUT2D eigenvalue weighted by Gasteiger charge is 2.19. The van der Waals surface area contributed by atoms with Gasteiger partial charge >= 0.3 is 0 Å². The van der Waals surface area contributed by atoms with Crippen LogP contribution in [0.1, 0.15) is 29.9 Å². The molecular weight excluding hydrogens is 284 g/mol. The summed E-state index contributed by atoms with van der Waals surface area (Å²) in [5.74, 6) is 1.59. The van der Waals surface area contributed by atoms with E-state index in [9.17, 15) is 0 Å². The van der Waals surface area contributed by atoms with Crippen molar-refractivity contribution in [1.29, 1.82) is 0 Å². The maximum atomic E-state index is 5.19. The zero-order valence-corrected chi connectivity index (χ0v) is 13.0. The van der Waals surface area contributed by atoms with Crippen molar-refractivity contribution in [2.45, 2.75) is 42.7 Å². The quantitative estimate of drug-likeness (QED) is 0.758. The molecule has 112 valence electrons. The number of hydrogen-bond acceptors (Lipinski definition) is 5. The predicted octanol–water partition coefficient (Wildman–Crippen LogP) is 3.37. The van der Waals surface area contributed by atoms with E-state index in [2.05, 4.69) is 34.7 Å². The van der Waals surface area contributed by atoms with Crippen LogP contribution >= 0.6 is 11.8 Å². The van der Waals surface area contributed by atoms with Crippen molar-refractivity contribution in [3.63, 3.8) is 0 Å². The molecule has 1 aromatic carbocycles. The second-order valence-corrected chi connectivity index (χ2v) is 6.36. The third kappa shape index (κ3) is 4.59. The second kappa shape index (κ2) is 7.11. The Bertz CT molecular complexity index is 581. The molecule has 2 aromatic rings. The Morgan fingerprint density at radius 1 is 1.38 bits per heavy atom. The van der Waals surface area contributed by atoms with Crippen LogP contribution in [0.3, 0.4) is 0 Å². The summed E-state index contributed by atoms with van der Waals surface area (Å²) in [4.78, 5) is 1.27.